The summed E-state index contributed by atoms with van der Waals surface area (Å²) in [6.07, 6.45) is 6.95. The van der Waals surface area contributed by atoms with Gasteiger partial charge in [0.1, 0.15) is 0 Å². The van der Waals surface area contributed by atoms with Crippen LogP contribution in [0, 0.1) is 0 Å². The Morgan fingerprint density at radius 2 is 2.28 bits per heavy atom. The summed E-state index contributed by atoms with van der Waals surface area (Å²) in [7, 11) is 0. The SMILES string of the molecule is C/C(=C\C=C\C(=O)O)c1ccc2c(c1)CCCS2. The van der Waals surface area contributed by atoms with Crippen LogP contribution < -0.4 is 0 Å². The zero-order valence-electron chi connectivity index (χ0n) is 10.3. The molecule has 18 heavy (non-hydrogen) atoms. The van der Waals surface area contributed by atoms with Crippen LogP contribution in [0.3, 0.4) is 0 Å². The summed E-state index contributed by atoms with van der Waals surface area (Å²) in [6, 6.07) is 6.51. The number of hydrogen-bond donors (Lipinski definition) is 1. The van der Waals surface area contributed by atoms with Crippen molar-refractivity contribution in [1.29, 1.82) is 0 Å². The van der Waals surface area contributed by atoms with Crippen LogP contribution in [-0.4, -0.2) is 16.8 Å². The summed E-state index contributed by atoms with van der Waals surface area (Å²) in [4.78, 5) is 11.8. The van der Waals surface area contributed by atoms with Gasteiger partial charge in [-0.3, -0.25) is 0 Å². The lowest BCUT2D eigenvalue weighted by molar-refractivity contribution is -0.131. The van der Waals surface area contributed by atoms with Crippen molar-refractivity contribution < 1.29 is 9.90 Å². The molecule has 1 aliphatic heterocycles. The number of thioether (sulfide) groups is 1. The number of hydrogen-bond acceptors (Lipinski definition) is 2. The van der Waals surface area contributed by atoms with Crippen molar-refractivity contribution in [3.05, 3.63) is 47.6 Å². The first-order chi connectivity index (χ1) is 8.66. The molecule has 0 amide bonds. The Hall–Kier alpha value is -1.48. The predicted octanol–water partition coefficient (Wildman–Crippen LogP) is 3.77. The molecule has 1 aromatic rings. The van der Waals surface area contributed by atoms with Crippen LogP contribution in [-0.2, 0) is 11.2 Å². The van der Waals surface area contributed by atoms with Crippen molar-refractivity contribution in [2.24, 2.45) is 0 Å². The molecule has 2 rings (SSSR count). The van der Waals surface area contributed by atoms with E-state index in [9.17, 15) is 4.79 Å². The number of carboxylic acid groups (broad SMARTS) is 1. The maximum Gasteiger partial charge on any atom is 0.328 e. The molecular formula is C15H16O2S. The van der Waals surface area contributed by atoms with E-state index in [1.54, 1.807) is 6.08 Å². The Bertz CT molecular complexity index is 515. The van der Waals surface area contributed by atoms with Crippen LogP contribution in [0.15, 0.2) is 41.3 Å². The van der Waals surface area contributed by atoms with Crippen LogP contribution in [0.1, 0.15) is 24.5 Å². The highest BCUT2D eigenvalue weighted by atomic mass is 32.2. The molecule has 0 saturated carbocycles. The van der Waals surface area contributed by atoms with Crippen molar-refractivity contribution in [2.45, 2.75) is 24.7 Å². The van der Waals surface area contributed by atoms with E-state index in [1.165, 1.54) is 28.2 Å². The zero-order chi connectivity index (χ0) is 13.0. The quantitative estimate of drug-likeness (QED) is 0.664. The molecule has 1 aliphatic rings. The average Bonchev–Trinajstić information content (AvgIpc) is 2.37. The highest BCUT2D eigenvalue weighted by Gasteiger charge is 2.10. The molecule has 0 spiro atoms. The third kappa shape index (κ3) is 3.26. The van der Waals surface area contributed by atoms with Crippen LogP contribution in [0.25, 0.3) is 5.57 Å². The first-order valence-electron chi connectivity index (χ1n) is 6.01. The predicted molar refractivity (Wildman–Crippen MR) is 75.9 cm³/mol. The van der Waals surface area contributed by atoms with Gasteiger partial charge in [-0.25, -0.2) is 4.79 Å². The number of benzene rings is 1. The molecule has 0 fully saturated rings. The van der Waals surface area contributed by atoms with Gasteiger partial charge in [0.2, 0.25) is 0 Å². The van der Waals surface area contributed by atoms with Crippen LogP contribution in [0.5, 0.6) is 0 Å². The Morgan fingerprint density at radius 3 is 3.06 bits per heavy atom. The minimum absolute atomic E-state index is 0.916. The normalized spacial score (nSPS) is 15.7. The molecule has 0 aromatic heterocycles. The first-order valence-corrected chi connectivity index (χ1v) is 6.99. The number of carbonyl (C=O) groups is 1. The largest absolute Gasteiger partial charge is 0.478 e. The standard InChI is InChI=1S/C15H16O2S/c1-11(4-2-6-15(16)17)12-7-8-14-13(10-12)5-3-9-18-14/h2,4,6-8,10H,3,5,9H2,1H3,(H,16,17)/b6-2+,11-4+. The van der Waals surface area contributed by atoms with Gasteiger partial charge < -0.3 is 5.11 Å². The maximum atomic E-state index is 10.4. The average molecular weight is 260 g/mol. The number of allylic oxidation sites excluding steroid dienone is 3. The molecule has 1 N–H and O–H groups in total. The van der Waals surface area contributed by atoms with Crippen molar-refractivity contribution in [1.82, 2.24) is 0 Å². The van der Waals surface area contributed by atoms with Gasteiger partial charge in [0.15, 0.2) is 0 Å². The fourth-order valence-corrected chi connectivity index (χ4v) is 3.00. The van der Waals surface area contributed by atoms with Gasteiger partial charge in [-0.15, -0.1) is 11.8 Å². The van der Waals surface area contributed by atoms with Gasteiger partial charge in [0, 0.05) is 11.0 Å². The number of aliphatic carboxylic acids is 1. The van der Waals surface area contributed by atoms with E-state index < -0.39 is 5.97 Å². The van der Waals surface area contributed by atoms with E-state index in [0.29, 0.717) is 0 Å². The van der Waals surface area contributed by atoms with Crippen LogP contribution in [0.2, 0.25) is 0 Å². The molecule has 0 unspecified atom stereocenters. The van der Waals surface area contributed by atoms with E-state index >= 15 is 0 Å². The van der Waals surface area contributed by atoms with Gasteiger partial charge >= 0.3 is 5.97 Å². The van der Waals surface area contributed by atoms with Crippen molar-refractivity contribution >= 4 is 23.3 Å². The number of aryl methyl sites for hydroxylation is 1. The van der Waals surface area contributed by atoms with Crippen LogP contribution >= 0.6 is 11.8 Å². The fourth-order valence-electron chi connectivity index (χ4n) is 1.98. The second-order valence-corrected chi connectivity index (χ2v) is 5.46. The number of rotatable bonds is 3. The minimum Gasteiger partial charge on any atom is -0.478 e. The molecule has 0 aliphatic carbocycles. The Balaban J connectivity index is 2.20. The van der Waals surface area contributed by atoms with Crippen molar-refractivity contribution in [3.63, 3.8) is 0 Å². The second-order valence-electron chi connectivity index (χ2n) is 4.32. The van der Waals surface area contributed by atoms with E-state index in [1.807, 2.05) is 24.8 Å². The highest BCUT2D eigenvalue weighted by molar-refractivity contribution is 7.99. The summed E-state index contributed by atoms with van der Waals surface area (Å²) in [5.41, 5.74) is 3.68. The number of carboxylic acids is 1. The Kier molecular flexibility index (Phi) is 4.26. The van der Waals surface area contributed by atoms with Crippen molar-refractivity contribution in [2.75, 3.05) is 5.75 Å². The Labute approximate surface area is 111 Å². The molecule has 0 atom stereocenters. The van der Waals surface area contributed by atoms with E-state index in [0.717, 1.165) is 18.1 Å². The smallest absolute Gasteiger partial charge is 0.328 e. The van der Waals surface area contributed by atoms with Crippen LogP contribution in [0.4, 0.5) is 0 Å². The first kappa shape index (κ1) is 13.0. The van der Waals surface area contributed by atoms with Gasteiger partial charge in [-0.2, -0.15) is 0 Å². The van der Waals surface area contributed by atoms with Gasteiger partial charge in [-0.1, -0.05) is 24.3 Å². The summed E-state index contributed by atoms with van der Waals surface area (Å²) in [6.45, 7) is 2.00. The molecular weight excluding hydrogens is 244 g/mol. The van der Waals surface area contributed by atoms with E-state index in [2.05, 4.69) is 18.2 Å². The zero-order valence-corrected chi connectivity index (χ0v) is 11.2. The third-order valence-electron chi connectivity index (χ3n) is 2.95. The van der Waals surface area contributed by atoms with Gasteiger partial charge in [0.05, 0.1) is 0 Å². The second kappa shape index (κ2) is 5.91. The third-order valence-corrected chi connectivity index (χ3v) is 4.15. The molecule has 0 saturated heterocycles. The molecule has 0 radical (unpaired) electrons. The lowest BCUT2D eigenvalue weighted by Crippen LogP contribution is -1.98. The molecule has 3 heteroatoms. The molecule has 1 heterocycles. The fraction of sp³-hybridized carbons (Fsp3) is 0.267. The molecule has 1 aromatic carbocycles. The number of fused-ring (bicyclic) bond motifs is 1. The summed E-state index contributed by atoms with van der Waals surface area (Å²) < 4.78 is 0. The summed E-state index contributed by atoms with van der Waals surface area (Å²) >= 11 is 1.92. The van der Waals surface area contributed by atoms with Crippen molar-refractivity contribution in [3.8, 4) is 0 Å². The summed E-state index contributed by atoms with van der Waals surface area (Å²) in [5, 5.41) is 8.54. The van der Waals surface area contributed by atoms with E-state index in [-0.39, 0.29) is 0 Å². The Morgan fingerprint density at radius 1 is 1.44 bits per heavy atom. The van der Waals surface area contributed by atoms with Gasteiger partial charge in [-0.05, 0) is 48.3 Å². The highest BCUT2D eigenvalue weighted by Crippen LogP contribution is 2.31. The monoisotopic (exact) mass is 260 g/mol. The molecule has 2 nitrogen and oxygen atoms in total. The molecule has 0 bridgehead atoms. The summed E-state index contributed by atoms with van der Waals surface area (Å²) in [5.74, 6) is 0.295. The topological polar surface area (TPSA) is 37.3 Å². The maximum absolute atomic E-state index is 10.4. The lowest BCUT2D eigenvalue weighted by Gasteiger charge is -2.16. The van der Waals surface area contributed by atoms with Gasteiger partial charge in [0.25, 0.3) is 0 Å². The van der Waals surface area contributed by atoms with E-state index in [4.69, 9.17) is 5.11 Å². The molecule has 94 valence electrons. The minimum atomic E-state index is -0.916. The lowest BCUT2D eigenvalue weighted by atomic mass is 10.0.